The number of hydrogen-bond donors (Lipinski definition) is 2. The van der Waals surface area contributed by atoms with Gasteiger partial charge >= 0.3 is 6.09 Å². The topological polar surface area (TPSA) is 121 Å². The molecule has 17 heavy (non-hydrogen) atoms. The second-order valence-electron chi connectivity index (χ2n) is 3.59. The first-order valence-corrected chi connectivity index (χ1v) is 5.17. The van der Waals surface area contributed by atoms with Gasteiger partial charge in [-0.25, -0.2) is 9.78 Å². The zero-order valence-electron chi connectivity index (χ0n) is 9.67. The molecule has 1 aromatic rings. The van der Waals surface area contributed by atoms with Crippen molar-refractivity contribution in [2.75, 3.05) is 0 Å². The Labute approximate surface area is 98.1 Å². The summed E-state index contributed by atoms with van der Waals surface area (Å²) in [7, 11) is 0. The first-order valence-electron chi connectivity index (χ1n) is 5.17. The Bertz CT molecular complexity index is 415. The maximum absolute atomic E-state index is 10.9. The van der Waals surface area contributed by atoms with E-state index in [1.54, 1.807) is 6.92 Å². The van der Waals surface area contributed by atoms with Crippen LogP contribution in [0.2, 0.25) is 0 Å². The van der Waals surface area contributed by atoms with E-state index >= 15 is 0 Å². The summed E-state index contributed by atoms with van der Waals surface area (Å²) in [5.74, 6) is -0.635. The molecule has 0 spiro atoms. The molecule has 1 heterocycles. The first kappa shape index (κ1) is 13.0. The van der Waals surface area contributed by atoms with Crippen LogP contribution in [0.3, 0.4) is 0 Å². The summed E-state index contributed by atoms with van der Waals surface area (Å²) >= 11 is 0. The van der Waals surface area contributed by atoms with E-state index < -0.39 is 18.1 Å². The molecule has 2 amide bonds. The van der Waals surface area contributed by atoms with Gasteiger partial charge in [0, 0.05) is 0 Å². The zero-order valence-corrected chi connectivity index (χ0v) is 9.67. The molecule has 0 aliphatic rings. The summed E-state index contributed by atoms with van der Waals surface area (Å²) in [6.45, 7) is 3.55. The Balaban J connectivity index is 2.85. The number of primary amides is 2. The fourth-order valence-corrected chi connectivity index (χ4v) is 1.54. The quantitative estimate of drug-likeness (QED) is 0.787. The van der Waals surface area contributed by atoms with E-state index in [4.69, 9.17) is 20.6 Å². The number of ether oxygens (including phenoxy) is 1. The Kier molecular flexibility index (Phi) is 4.08. The van der Waals surface area contributed by atoms with E-state index in [2.05, 4.69) is 4.98 Å². The predicted octanol–water partition coefficient (Wildman–Crippen LogP) is 0.751. The third-order valence-electron chi connectivity index (χ3n) is 2.40. The van der Waals surface area contributed by atoms with Crippen molar-refractivity contribution < 1.29 is 18.7 Å². The van der Waals surface area contributed by atoms with Crippen LogP contribution in [-0.2, 0) is 4.74 Å². The van der Waals surface area contributed by atoms with Crippen molar-refractivity contribution in [3.8, 4) is 0 Å². The van der Waals surface area contributed by atoms with E-state index in [0.717, 1.165) is 0 Å². The van der Waals surface area contributed by atoms with Crippen LogP contribution in [0.15, 0.2) is 10.7 Å². The van der Waals surface area contributed by atoms with Gasteiger partial charge in [-0.2, -0.15) is 0 Å². The summed E-state index contributed by atoms with van der Waals surface area (Å²) in [5.41, 5.74) is 10.0. The number of oxazole rings is 1. The smallest absolute Gasteiger partial charge is 0.404 e. The highest BCUT2D eigenvalue weighted by molar-refractivity contribution is 5.90. The highest BCUT2D eigenvalue weighted by Gasteiger charge is 2.25. The number of carbonyl (C=O) groups is 2. The highest BCUT2D eigenvalue weighted by atomic mass is 16.6. The van der Waals surface area contributed by atoms with Crippen molar-refractivity contribution in [3.63, 3.8) is 0 Å². The molecule has 4 N–H and O–H groups in total. The van der Waals surface area contributed by atoms with Gasteiger partial charge in [-0.1, -0.05) is 6.92 Å². The lowest BCUT2D eigenvalue weighted by Crippen LogP contribution is -2.26. The lowest BCUT2D eigenvalue weighted by Gasteiger charge is -2.18. The van der Waals surface area contributed by atoms with Gasteiger partial charge < -0.3 is 20.6 Å². The summed E-state index contributed by atoms with van der Waals surface area (Å²) in [4.78, 5) is 25.5. The molecule has 0 unspecified atom stereocenters. The summed E-state index contributed by atoms with van der Waals surface area (Å²) in [6.07, 6.45) is 0.444. The predicted molar refractivity (Wildman–Crippen MR) is 58.2 cm³/mol. The maximum Gasteiger partial charge on any atom is 0.404 e. The fourth-order valence-electron chi connectivity index (χ4n) is 1.54. The number of aromatic nitrogens is 1. The molecule has 0 saturated carbocycles. The third-order valence-corrected chi connectivity index (χ3v) is 2.40. The molecule has 0 aliphatic heterocycles. The van der Waals surface area contributed by atoms with Crippen LogP contribution < -0.4 is 11.5 Å². The lowest BCUT2D eigenvalue weighted by atomic mass is 10.0. The molecule has 0 radical (unpaired) electrons. The van der Waals surface area contributed by atoms with E-state index in [1.807, 2.05) is 6.92 Å². The molecule has 1 rings (SSSR count). The largest absolute Gasteiger partial charge is 0.448 e. The van der Waals surface area contributed by atoms with Crippen molar-refractivity contribution in [2.45, 2.75) is 32.3 Å². The van der Waals surface area contributed by atoms with Crippen LogP contribution in [0.5, 0.6) is 0 Å². The molecule has 7 nitrogen and oxygen atoms in total. The SMILES string of the molecule is CC[C@@H](c1nc(C(N)=O)co1)[C@@H](C)OC(N)=O. The van der Waals surface area contributed by atoms with Gasteiger partial charge in [-0.3, -0.25) is 4.79 Å². The molecule has 1 aromatic heterocycles. The molecule has 0 aliphatic carbocycles. The van der Waals surface area contributed by atoms with E-state index in [1.165, 1.54) is 6.26 Å². The number of carbonyl (C=O) groups excluding carboxylic acids is 2. The van der Waals surface area contributed by atoms with Gasteiger partial charge in [0.15, 0.2) is 5.69 Å². The van der Waals surface area contributed by atoms with Crippen LogP contribution in [-0.4, -0.2) is 23.1 Å². The molecule has 0 fully saturated rings. The molecule has 0 bridgehead atoms. The average molecular weight is 241 g/mol. The highest BCUT2D eigenvalue weighted by Crippen LogP contribution is 2.24. The van der Waals surface area contributed by atoms with Crippen molar-refractivity contribution in [2.24, 2.45) is 11.5 Å². The van der Waals surface area contributed by atoms with E-state index in [9.17, 15) is 9.59 Å². The number of nitrogens with zero attached hydrogens (tertiary/aromatic N) is 1. The molecule has 7 heteroatoms. The number of rotatable bonds is 5. The number of amides is 2. The number of nitrogens with two attached hydrogens (primary N) is 2. The number of hydrogen-bond acceptors (Lipinski definition) is 5. The van der Waals surface area contributed by atoms with Crippen molar-refractivity contribution in [1.82, 2.24) is 4.98 Å². The van der Waals surface area contributed by atoms with Crippen LogP contribution in [0.4, 0.5) is 4.79 Å². The Morgan fingerprint density at radius 3 is 2.59 bits per heavy atom. The minimum Gasteiger partial charge on any atom is -0.448 e. The Hall–Kier alpha value is -2.05. The average Bonchev–Trinajstić information content (AvgIpc) is 2.66. The van der Waals surface area contributed by atoms with Crippen molar-refractivity contribution in [3.05, 3.63) is 17.8 Å². The van der Waals surface area contributed by atoms with Gasteiger partial charge in [-0.15, -0.1) is 0 Å². The third kappa shape index (κ3) is 3.20. The standard InChI is InChI=1S/C10H15N3O4/c1-3-6(5(2)17-10(12)15)9-13-7(4-16-9)8(11)14/h4-6H,3H2,1-2H3,(H2,11,14)(H2,12,15)/t5-,6-/m1/s1. The van der Waals surface area contributed by atoms with Crippen LogP contribution in [0.25, 0.3) is 0 Å². The van der Waals surface area contributed by atoms with Gasteiger partial charge in [0.25, 0.3) is 5.91 Å². The normalized spacial score (nSPS) is 14.0. The molecule has 2 atom stereocenters. The molecule has 94 valence electrons. The summed E-state index contributed by atoms with van der Waals surface area (Å²) in [6, 6.07) is 0. The Morgan fingerprint density at radius 2 is 2.18 bits per heavy atom. The van der Waals surface area contributed by atoms with Gasteiger partial charge in [0.05, 0.1) is 5.92 Å². The maximum atomic E-state index is 10.9. The van der Waals surface area contributed by atoms with Crippen LogP contribution in [0, 0.1) is 0 Å². The summed E-state index contributed by atoms with van der Waals surface area (Å²) in [5, 5.41) is 0. The van der Waals surface area contributed by atoms with Gasteiger partial charge in [0.2, 0.25) is 5.89 Å². The molecular formula is C10H15N3O4. The molecule has 0 saturated heterocycles. The second kappa shape index (κ2) is 5.33. The van der Waals surface area contributed by atoms with E-state index in [-0.39, 0.29) is 11.6 Å². The molecule has 0 aromatic carbocycles. The van der Waals surface area contributed by atoms with E-state index in [0.29, 0.717) is 12.3 Å². The first-order chi connectivity index (χ1) is 7.95. The van der Waals surface area contributed by atoms with Crippen LogP contribution >= 0.6 is 0 Å². The minimum absolute atomic E-state index is 0.0460. The Morgan fingerprint density at radius 1 is 1.53 bits per heavy atom. The lowest BCUT2D eigenvalue weighted by molar-refractivity contribution is 0.0923. The summed E-state index contributed by atoms with van der Waals surface area (Å²) < 4.78 is 9.99. The van der Waals surface area contributed by atoms with Crippen LogP contribution in [0.1, 0.15) is 42.6 Å². The zero-order chi connectivity index (χ0) is 13.0. The monoisotopic (exact) mass is 241 g/mol. The van der Waals surface area contributed by atoms with Crippen molar-refractivity contribution in [1.29, 1.82) is 0 Å². The van der Waals surface area contributed by atoms with Gasteiger partial charge in [-0.05, 0) is 13.3 Å². The fraction of sp³-hybridized carbons (Fsp3) is 0.500. The minimum atomic E-state index is -0.863. The van der Waals surface area contributed by atoms with Crippen molar-refractivity contribution >= 4 is 12.0 Å². The van der Waals surface area contributed by atoms with Gasteiger partial charge in [0.1, 0.15) is 12.4 Å². The second-order valence-corrected chi connectivity index (χ2v) is 3.59. The molecular weight excluding hydrogens is 226 g/mol.